The molecule has 0 spiro atoms. The van der Waals surface area contributed by atoms with Crippen LogP contribution in [0.25, 0.3) is 0 Å². The van der Waals surface area contributed by atoms with E-state index in [1.165, 1.54) is 6.20 Å². The Morgan fingerprint density at radius 2 is 2.19 bits per heavy atom. The van der Waals surface area contributed by atoms with Crippen molar-refractivity contribution in [2.24, 2.45) is 0 Å². The number of halogens is 1. The molecule has 0 aliphatic rings. The maximum absolute atomic E-state index is 11.8. The van der Waals surface area contributed by atoms with E-state index in [1.807, 2.05) is 0 Å². The van der Waals surface area contributed by atoms with E-state index in [0.717, 1.165) is 0 Å². The predicted molar refractivity (Wildman–Crippen MR) is 65.2 cm³/mol. The molecule has 5 heteroatoms. The quantitative estimate of drug-likeness (QED) is 0.832. The van der Waals surface area contributed by atoms with Crippen LogP contribution in [0.4, 0.5) is 0 Å². The molecule has 0 saturated carbocycles. The topological polar surface area (TPSA) is 62.2 Å². The van der Waals surface area contributed by atoms with Crippen molar-refractivity contribution in [1.82, 2.24) is 10.3 Å². The van der Waals surface area contributed by atoms with Crippen molar-refractivity contribution in [2.45, 2.75) is 32.4 Å². The molecule has 4 nitrogen and oxygen atoms in total. The first kappa shape index (κ1) is 13.1. The van der Waals surface area contributed by atoms with Crippen LogP contribution in [-0.4, -0.2) is 27.6 Å². The summed E-state index contributed by atoms with van der Waals surface area (Å²) in [6, 6.07) is 3.37. The molecule has 0 radical (unpaired) electrons. The molecule has 0 aromatic carbocycles. The highest BCUT2D eigenvalue weighted by Crippen LogP contribution is 2.11. The third kappa shape index (κ3) is 3.28. The van der Waals surface area contributed by atoms with E-state index in [4.69, 9.17) is 0 Å². The van der Waals surface area contributed by atoms with Gasteiger partial charge in [-0.25, -0.2) is 4.98 Å². The van der Waals surface area contributed by atoms with Crippen LogP contribution in [-0.2, 0) is 0 Å². The Bertz CT molecular complexity index is 374. The zero-order valence-corrected chi connectivity index (χ0v) is 11.1. The first-order valence-electron chi connectivity index (χ1n) is 4.95. The van der Waals surface area contributed by atoms with Gasteiger partial charge in [-0.1, -0.05) is 0 Å². The number of aliphatic hydroxyl groups is 1. The maximum atomic E-state index is 11.8. The summed E-state index contributed by atoms with van der Waals surface area (Å²) >= 11 is 3.20. The highest BCUT2D eigenvalue weighted by atomic mass is 79.9. The minimum absolute atomic E-state index is 0.245. The molecule has 0 bridgehead atoms. The molecular formula is C11H15BrN2O2. The lowest BCUT2D eigenvalue weighted by atomic mass is 9.98. The second-order valence-corrected chi connectivity index (χ2v) is 5.03. The van der Waals surface area contributed by atoms with Gasteiger partial charge in [0, 0.05) is 6.20 Å². The van der Waals surface area contributed by atoms with Crippen molar-refractivity contribution < 1.29 is 9.90 Å². The molecule has 0 aliphatic heterocycles. The van der Waals surface area contributed by atoms with Gasteiger partial charge >= 0.3 is 0 Å². The molecule has 88 valence electrons. The molecule has 0 aliphatic carbocycles. The second kappa shape index (κ2) is 4.93. The highest BCUT2D eigenvalue weighted by Gasteiger charge is 2.26. The lowest BCUT2D eigenvalue weighted by molar-refractivity contribution is 0.0709. The number of nitrogens with zero attached hydrogens (tertiary/aromatic N) is 1. The minimum Gasteiger partial charge on any atom is -0.391 e. The van der Waals surface area contributed by atoms with Gasteiger partial charge in [-0.15, -0.1) is 0 Å². The number of hydrogen-bond donors (Lipinski definition) is 2. The number of hydrogen-bond acceptors (Lipinski definition) is 3. The van der Waals surface area contributed by atoms with Gasteiger partial charge in [-0.3, -0.25) is 4.79 Å². The number of nitrogens with one attached hydrogen (secondary N) is 1. The molecule has 1 heterocycles. The molecule has 1 rings (SSSR count). The van der Waals surface area contributed by atoms with E-state index in [-0.39, 0.29) is 5.91 Å². The van der Waals surface area contributed by atoms with Crippen LogP contribution < -0.4 is 5.32 Å². The van der Waals surface area contributed by atoms with Crippen LogP contribution in [0.3, 0.4) is 0 Å². The van der Waals surface area contributed by atoms with Crippen molar-refractivity contribution in [3.05, 3.63) is 28.5 Å². The Morgan fingerprint density at radius 3 is 2.62 bits per heavy atom. The summed E-state index contributed by atoms with van der Waals surface area (Å²) in [4.78, 5) is 15.8. The monoisotopic (exact) mass is 286 g/mol. The molecule has 16 heavy (non-hydrogen) atoms. The van der Waals surface area contributed by atoms with Gasteiger partial charge in [0.25, 0.3) is 5.91 Å². The number of amides is 1. The summed E-state index contributed by atoms with van der Waals surface area (Å²) in [5, 5.41) is 12.2. The lowest BCUT2D eigenvalue weighted by Gasteiger charge is -2.29. The first-order valence-corrected chi connectivity index (χ1v) is 5.74. The van der Waals surface area contributed by atoms with E-state index >= 15 is 0 Å². The molecule has 0 fully saturated rings. The average Bonchev–Trinajstić information content (AvgIpc) is 2.17. The fourth-order valence-electron chi connectivity index (χ4n) is 0.979. The van der Waals surface area contributed by atoms with Gasteiger partial charge in [0.2, 0.25) is 0 Å². The smallest absolute Gasteiger partial charge is 0.253 e. The summed E-state index contributed by atoms with van der Waals surface area (Å²) < 4.78 is 0.679. The summed E-state index contributed by atoms with van der Waals surface area (Å²) in [6.45, 7) is 5.17. The zero-order valence-electron chi connectivity index (χ0n) is 9.49. The van der Waals surface area contributed by atoms with Gasteiger partial charge in [0.15, 0.2) is 0 Å². The third-order valence-electron chi connectivity index (χ3n) is 2.47. The molecule has 0 saturated heterocycles. The van der Waals surface area contributed by atoms with E-state index in [1.54, 1.807) is 32.9 Å². The standard InChI is InChI=1S/C11H15BrN2O2/c1-7(15)11(2,3)14-10(16)8-4-5-9(12)13-6-8/h4-7,15H,1-3H3,(H,14,16). The van der Waals surface area contributed by atoms with Gasteiger partial charge in [-0.2, -0.15) is 0 Å². The maximum Gasteiger partial charge on any atom is 0.253 e. The number of rotatable bonds is 3. The first-order chi connectivity index (χ1) is 7.33. The average molecular weight is 287 g/mol. The fraction of sp³-hybridized carbons (Fsp3) is 0.455. The van der Waals surface area contributed by atoms with Gasteiger partial charge < -0.3 is 10.4 Å². The number of carbonyl (C=O) groups is 1. The van der Waals surface area contributed by atoms with E-state index in [2.05, 4.69) is 26.2 Å². The summed E-state index contributed by atoms with van der Waals surface area (Å²) in [6.07, 6.45) is 0.859. The lowest BCUT2D eigenvalue weighted by Crippen LogP contribution is -2.50. The Labute approximate surface area is 103 Å². The van der Waals surface area contributed by atoms with Crippen LogP contribution >= 0.6 is 15.9 Å². The molecule has 1 aromatic heterocycles. The van der Waals surface area contributed by atoms with E-state index in [9.17, 15) is 9.90 Å². The molecule has 1 atom stereocenters. The normalized spacial score (nSPS) is 13.3. The van der Waals surface area contributed by atoms with Crippen molar-refractivity contribution >= 4 is 21.8 Å². The molecule has 1 amide bonds. The van der Waals surface area contributed by atoms with Crippen molar-refractivity contribution in [3.8, 4) is 0 Å². The van der Waals surface area contributed by atoms with Crippen molar-refractivity contribution in [1.29, 1.82) is 0 Å². The molecular weight excluding hydrogens is 272 g/mol. The number of pyridine rings is 1. The van der Waals surface area contributed by atoms with Crippen LogP contribution in [0, 0.1) is 0 Å². The van der Waals surface area contributed by atoms with Gasteiger partial charge in [0.05, 0.1) is 17.2 Å². The van der Waals surface area contributed by atoms with Gasteiger partial charge in [0.1, 0.15) is 4.60 Å². The van der Waals surface area contributed by atoms with Crippen LogP contribution in [0.15, 0.2) is 22.9 Å². The number of aliphatic hydroxyl groups excluding tert-OH is 1. The Morgan fingerprint density at radius 1 is 1.56 bits per heavy atom. The Balaban J connectivity index is 2.77. The largest absolute Gasteiger partial charge is 0.391 e. The molecule has 2 N–H and O–H groups in total. The van der Waals surface area contributed by atoms with Crippen molar-refractivity contribution in [3.63, 3.8) is 0 Å². The Hall–Kier alpha value is -0.940. The minimum atomic E-state index is -0.663. The fourth-order valence-corrected chi connectivity index (χ4v) is 1.21. The van der Waals surface area contributed by atoms with Crippen molar-refractivity contribution in [2.75, 3.05) is 0 Å². The van der Waals surface area contributed by atoms with Crippen LogP contribution in [0.1, 0.15) is 31.1 Å². The van der Waals surface area contributed by atoms with Crippen LogP contribution in [0.5, 0.6) is 0 Å². The number of aromatic nitrogens is 1. The van der Waals surface area contributed by atoms with Crippen LogP contribution in [0.2, 0.25) is 0 Å². The zero-order chi connectivity index (χ0) is 12.3. The third-order valence-corrected chi connectivity index (χ3v) is 2.94. The number of carbonyl (C=O) groups excluding carboxylic acids is 1. The summed E-state index contributed by atoms with van der Waals surface area (Å²) in [5.74, 6) is -0.245. The summed E-state index contributed by atoms with van der Waals surface area (Å²) in [7, 11) is 0. The van der Waals surface area contributed by atoms with E-state index in [0.29, 0.717) is 10.2 Å². The summed E-state index contributed by atoms with van der Waals surface area (Å²) in [5.41, 5.74) is -0.193. The molecule has 1 aromatic rings. The predicted octanol–water partition coefficient (Wildman–Crippen LogP) is 1.73. The Kier molecular flexibility index (Phi) is 4.04. The second-order valence-electron chi connectivity index (χ2n) is 4.22. The SMILES string of the molecule is CC(O)C(C)(C)NC(=O)c1ccc(Br)nc1. The highest BCUT2D eigenvalue weighted by molar-refractivity contribution is 9.10. The van der Waals surface area contributed by atoms with Gasteiger partial charge in [-0.05, 0) is 48.8 Å². The van der Waals surface area contributed by atoms with E-state index < -0.39 is 11.6 Å². The molecule has 1 unspecified atom stereocenters.